The Hall–Kier alpha value is -3.60. The van der Waals surface area contributed by atoms with Gasteiger partial charge < -0.3 is 14.7 Å². The van der Waals surface area contributed by atoms with Gasteiger partial charge in [0.2, 0.25) is 0 Å². The summed E-state index contributed by atoms with van der Waals surface area (Å²) in [7, 11) is 0. The molecule has 0 bridgehead atoms. The van der Waals surface area contributed by atoms with Crippen LogP contribution < -0.4 is 4.74 Å². The summed E-state index contributed by atoms with van der Waals surface area (Å²) in [5.41, 5.74) is 7.83. The van der Waals surface area contributed by atoms with E-state index in [0.29, 0.717) is 18.4 Å². The van der Waals surface area contributed by atoms with Gasteiger partial charge in [0.25, 0.3) is 0 Å². The third-order valence-electron chi connectivity index (χ3n) is 6.37. The van der Waals surface area contributed by atoms with E-state index >= 15 is 0 Å². The summed E-state index contributed by atoms with van der Waals surface area (Å²) in [5.74, 6) is 3.69. The van der Waals surface area contributed by atoms with Crippen LogP contribution >= 0.6 is 0 Å². The Kier molecular flexibility index (Phi) is 4.15. The number of rotatable bonds is 3. The molecule has 0 saturated carbocycles. The van der Waals surface area contributed by atoms with Gasteiger partial charge in [-0.15, -0.1) is 0 Å². The summed E-state index contributed by atoms with van der Waals surface area (Å²) < 4.78 is 6.24. The minimum absolute atomic E-state index is 0.360. The molecular formula is C27H26N4O. The molecule has 2 aromatic heterocycles. The first-order valence-corrected chi connectivity index (χ1v) is 11.3. The van der Waals surface area contributed by atoms with Crippen LogP contribution in [0.3, 0.4) is 0 Å². The lowest BCUT2D eigenvalue weighted by atomic mass is 9.92. The summed E-state index contributed by atoms with van der Waals surface area (Å²) in [5, 5.41) is 2.34. The van der Waals surface area contributed by atoms with Crippen LogP contribution in [-0.4, -0.2) is 19.9 Å². The summed E-state index contributed by atoms with van der Waals surface area (Å²) in [4.78, 5) is 16.2. The van der Waals surface area contributed by atoms with Crippen molar-refractivity contribution in [3.63, 3.8) is 0 Å². The quantitative estimate of drug-likeness (QED) is 0.332. The summed E-state index contributed by atoms with van der Waals surface area (Å²) >= 11 is 0. The van der Waals surface area contributed by atoms with E-state index in [4.69, 9.17) is 9.72 Å². The van der Waals surface area contributed by atoms with Crippen LogP contribution in [0.1, 0.15) is 56.7 Å². The van der Waals surface area contributed by atoms with Gasteiger partial charge in [0, 0.05) is 22.8 Å². The molecule has 0 radical (unpaired) electrons. The third-order valence-corrected chi connectivity index (χ3v) is 6.37. The van der Waals surface area contributed by atoms with Crippen LogP contribution in [0.4, 0.5) is 0 Å². The number of nitrogens with zero attached hydrogens (tertiary/aromatic N) is 2. The largest absolute Gasteiger partial charge is 0.488 e. The van der Waals surface area contributed by atoms with Crippen LogP contribution in [0.5, 0.6) is 5.75 Å². The van der Waals surface area contributed by atoms with E-state index in [2.05, 4.69) is 85.1 Å². The molecular weight excluding hydrogens is 396 g/mol. The van der Waals surface area contributed by atoms with E-state index in [1.54, 1.807) is 0 Å². The highest BCUT2D eigenvalue weighted by molar-refractivity contribution is 6.07. The molecule has 0 amide bonds. The lowest BCUT2D eigenvalue weighted by Crippen LogP contribution is -2.05. The van der Waals surface area contributed by atoms with Crippen molar-refractivity contribution in [3.05, 3.63) is 65.9 Å². The van der Waals surface area contributed by atoms with Crippen LogP contribution in [0.15, 0.2) is 48.7 Å². The minimum Gasteiger partial charge on any atom is -0.488 e. The van der Waals surface area contributed by atoms with E-state index in [0.717, 1.165) is 50.6 Å². The molecule has 0 fully saturated rings. The number of nitrogens with one attached hydrogen (secondary N) is 2. The molecule has 6 rings (SSSR count). The fourth-order valence-electron chi connectivity index (χ4n) is 4.53. The molecule has 3 heterocycles. The van der Waals surface area contributed by atoms with Gasteiger partial charge in [-0.3, -0.25) is 0 Å². The Labute approximate surface area is 186 Å². The average Bonchev–Trinajstić information content (AvgIpc) is 3.45. The van der Waals surface area contributed by atoms with Crippen molar-refractivity contribution in [1.82, 2.24) is 19.9 Å². The number of imidazole rings is 2. The molecule has 0 aliphatic carbocycles. The maximum atomic E-state index is 6.24. The molecule has 1 aliphatic heterocycles. The van der Waals surface area contributed by atoms with Gasteiger partial charge in [-0.1, -0.05) is 45.9 Å². The molecule has 3 aromatic carbocycles. The molecule has 0 saturated heterocycles. The Bertz CT molecular complexity index is 1490. The molecule has 5 nitrogen and oxygen atoms in total. The monoisotopic (exact) mass is 422 g/mol. The standard InChI is InChI=1S/C27H26N4O/c1-14(2)26-28-12-23(30-26)17-5-7-19-18(9-17)13-32-24-11-20-16(10-21(19)24)6-8-22-25(20)31-27(29-22)15(3)4/h5-12,14-15H,13H2,1-4H3,(H,28,30)(H,29,31). The molecule has 0 unspecified atom stereocenters. The fraction of sp³-hybridized carbons (Fsp3) is 0.259. The number of hydrogen-bond acceptors (Lipinski definition) is 3. The van der Waals surface area contributed by atoms with Crippen molar-refractivity contribution in [1.29, 1.82) is 0 Å². The maximum Gasteiger partial charge on any atom is 0.128 e. The zero-order chi connectivity index (χ0) is 22.0. The third kappa shape index (κ3) is 2.92. The normalized spacial score (nSPS) is 13.1. The van der Waals surface area contributed by atoms with Gasteiger partial charge in [-0.25, -0.2) is 9.97 Å². The van der Waals surface area contributed by atoms with Crippen molar-refractivity contribution in [2.24, 2.45) is 0 Å². The van der Waals surface area contributed by atoms with E-state index in [1.807, 2.05) is 6.20 Å². The summed E-state index contributed by atoms with van der Waals surface area (Å²) in [6, 6.07) is 15.3. The first-order valence-electron chi connectivity index (χ1n) is 11.3. The fourth-order valence-corrected chi connectivity index (χ4v) is 4.53. The smallest absolute Gasteiger partial charge is 0.128 e. The first-order chi connectivity index (χ1) is 15.5. The zero-order valence-electron chi connectivity index (χ0n) is 18.8. The number of aromatic amines is 2. The number of fused-ring (bicyclic) bond motifs is 6. The average molecular weight is 423 g/mol. The molecule has 32 heavy (non-hydrogen) atoms. The zero-order valence-corrected chi connectivity index (χ0v) is 18.8. The van der Waals surface area contributed by atoms with Crippen molar-refractivity contribution in [2.45, 2.75) is 46.1 Å². The Morgan fingerprint density at radius 3 is 2.50 bits per heavy atom. The predicted molar refractivity (Wildman–Crippen MR) is 129 cm³/mol. The molecule has 2 N–H and O–H groups in total. The van der Waals surface area contributed by atoms with Gasteiger partial charge in [-0.2, -0.15) is 0 Å². The Balaban J connectivity index is 1.46. The molecule has 0 spiro atoms. The molecule has 0 atom stereocenters. The predicted octanol–water partition coefficient (Wildman–Crippen LogP) is 6.91. The van der Waals surface area contributed by atoms with Gasteiger partial charge in [0.15, 0.2) is 0 Å². The lowest BCUT2D eigenvalue weighted by molar-refractivity contribution is 0.303. The van der Waals surface area contributed by atoms with Crippen molar-refractivity contribution in [2.75, 3.05) is 0 Å². The molecule has 160 valence electrons. The minimum atomic E-state index is 0.360. The summed E-state index contributed by atoms with van der Waals surface area (Å²) in [6.07, 6.45) is 1.92. The number of ether oxygens (including phenoxy) is 1. The first kappa shape index (κ1) is 19.1. The van der Waals surface area contributed by atoms with E-state index in [1.165, 1.54) is 16.5 Å². The Morgan fingerprint density at radius 1 is 0.875 bits per heavy atom. The molecule has 5 aromatic rings. The van der Waals surface area contributed by atoms with Crippen LogP contribution in [0.2, 0.25) is 0 Å². The number of benzene rings is 3. The second-order valence-electron chi connectivity index (χ2n) is 9.30. The van der Waals surface area contributed by atoms with Gasteiger partial charge in [-0.05, 0) is 46.3 Å². The van der Waals surface area contributed by atoms with Crippen molar-refractivity contribution >= 4 is 21.8 Å². The topological polar surface area (TPSA) is 66.6 Å². The highest BCUT2D eigenvalue weighted by Gasteiger charge is 2.20. The van der Waals surface area contributed by atoms with E-state index in [-0.39, 0.29) is 0 Å². The van der Waals surface area contributed by atoms with Gasteiger partial charge in [0.1, 0.15) is 24.0 Å². The van der Waals surface area contributed by atoms with E-state index < -0.39 is 0 Å². The lowest BCUT2D eigenvalue weighted by Gasteiger charge is -2.22. The molecule has 1 aliphatic rings. The number of hydrogen-bond donors (Lipinski definition) is 2. The van der Waals surface area contributed by atoms with Crippen molar-refractivity contribution < 1.29 is 4.74 Å². The number of H-pyrrole nitrogens is 2. The number of aromatic nitrogens is 4. The van der Waals surface area contributed by atoms with Crippen molar-refractivity contribution in [3.8, 4) is 28.1 Å². The molecule has 5 heteroatoms. The second-order valence-corrected chi connectivity index (χ2v) is 9.30. The maximum absolute atomic E-state index is 6.24. The second kappa shape index (κ2) is 6.95. The van der Waals surface area contributed by atoms with Gasteiger partial charge in [0.05, 0.1) is 22.9 Å². The van der Waals surface area contributed by atoms with E-state index in [9.17, 15) is 0 Å². The van der Waals surface area contributed by atoms with Crippen LogP contribution in [0, 0.1) is 0 Å². The highest BCUT2D eigenvalue weighted by atomic mass is 16.5. The SMILES string of the molecule is CC(C)c1ncc(-c2ccc3c(c2)COc2cc4c(ccc5nc(C(C)C)[nH]c54)cc2-3)[nH]1. The van der Waals surface area contributed by atoms with Gasteiger partial charge >= 0.3 is 0 Å². The summed E-state index contributed by atoms with van der Waals surface area (Å²) in [6.45, 7) is 9.16. The Morgan fingerprint density at radius 2 is 1.72 bits per heavy atom. The van der Waals surface area contributed by atoms with Crippen LogP contribution in [-0.2, 0) is 6.61 Å². The highest BCUT2D eigenvalue weighted by Crippen LogP contribution is 2.42. The van der Waals surface area contributed by atoms with Crippen LogP contribution in [0.25, 0.3) is 44.2 Å².